The van der Waals surface area contributed by atoms with E-state index in [1.54, 1.807) is 13.3 Å². The predicted octanol–water partition coefficient (Wildman–Crippen LogP) is 3.66. The number of halogens is 2. The Kier molecular flexibility index (Phi) is 2.61. The van der Waals surface area contributed by atoms with Crippen molar-refractivity contribution >= 4 is 38.4 Å². The Morgan fingerprint density at radius 1 is 1.43 bits per heavy atom. The maximum absolute atomic E-state index is 5.93. The first-order valence-electron chi connectivity index (χ1n) is 4.00. The van der Waals surface area contributed by atoms with Gasteiger partial charge in [0.2, 0.25) is 0 Å². The SMILES string of the molecule is COc1cccc2c(Br)c(Cl)cnc12. The first kappa shape index (κ1) is 9.74. The van der Waals surface area contributed by atoms with Crippen molar-refractivity contribution in [1.82, 2.24) is 4.98 Å². The molecule has 2 nitrogen and oxygen atoms in total. The molecule has 72 valence electrons. The van der Waals surface area contributed by atoms with Gasteiger partial charge < -0.3 is 4.74 Å². The van der Waals surface area contributed by atoms with Crippen LogP contribution < -0.4 is 4.74 Å². The summed E-state index contributed by atoms with van der Waals surface area (Å²) in [5.41, 5.74) is 0.811. The minimum Gasteiger partial charge on any atom is -0.494 e. The van der Waals surface area contributed by atoms with E-state index in [4.69, 9.17) is 16.3 Å². The summed E-state index contributed by atoms with van der Waals surface area (Å²) >= 11 is 9.35. The average molecular weight is 273 g/mol. The summed E-state index contributed by atoms with van der Waals surface area (Å²) in [5, 5.41) is 1.56. The van der Waals surface area contributed by atoms with Gasteiger partial charge >= 0.3 is 0 Å². The Morgan fingerprint density at radius 2 is 2.21 bits per heavy atom. The molecule has 0 unspecified atom stereocenters. The van der Waals surface area contributed by atoms with E-state index in [1.807, 2.05) is 18.2 Å². The van der Waals surface area contributed by atoms with Crippen LogP contribution in [-0.2, 0) is 0 Å². The fourth-order valence-electron chi connectivity index (χ4n) is 1.30. The Morgan fingerprint density at radius 3 is 2.93 bits per heavy atom. The monoisotopic (exact) mass is 271 g/mol. The summed E-state index contributed by atoms with van der Waals surface area (Å²) in [5.74, 6) is 0.750. The molecule has 0 bridgehead atoms. The molecule has 0 amide bonds. The van der Waals surface area contributed by atoms with Gasteiger partial charge in [0.25, 0.3) is 0 Å². The molecule has 0 aliphatic rings. The van der Waals surface area contributed by atoms with Gasteiger partial charge in [-0.3, -0.25) is 4.98 Å². The zero-order valence-corrected chi connectivity index (χ0v) is 9.76. The molecule has 0 saturated heterocycles. The topological polar surface area (TPSA) is 22.1 Å². The number of ether oxygens (including phenoxy) is 1. The van der Waals surface area contributed by atoms with Crippen molar-refractivity contribution < 1.29 is 4.74 Å². The van der Waals surface area contributed by atoms with Crippen molar-refractivity contribution in [3.63, 3.8) is 0 Å². The van der Waals surface area contributed by atoms with Gasteiger partial charge in [0.05, 0.1) is 12.1 Å². The van der Waals surface area contributed by atoms with Crippen LogP contribution in [0.3, 0.4) is 0 Å². The molecule has 0 aliphatic heterocycles. The predicted molar refractivity (Wildman–Crippen MR) is 61.0 cm³/mol. The lowest BCUT2D eigenvalue weighted by molar-refractivity contribution is 0.419. The minimum absolute atomic E-state index is 0.603. The van der Waals surface area contributed by atoms with Crippen molar-refractivity contribution in [2.75, 3.05) is 7.11 Å². The maximum atomic E-state index is 5.93. The second-order valence-electron chi connectivity index (χ2n) is 2.78. The van der Waals surface area contributed by atoms with Crippen LogP contribution in [0.15, 0.2) is 28.9 Å². The molecule has 4 heteroatoms. The highest BCUT2D eigenvalue weighted by Crippen LogP contribution is 2.33. The van der Waals surface area contributed by atoms with Gasteiger partial charge in [-0.05, 0) is 22.0 Å². The number of fused-ring (bicyclic) bond motifs is 1. The van der Waals surface area contributed by atoms with Gasteiger partial charge in [-0.1, -0.05) is 23.7 Å². The number of rotatable bonds is 1. The number of nitrogens with zero attached hydrogens (tertiary/aromatic N) is 1. The molecular formula is C10H7BrClNO. The Labute approximate surface area is 95.0 Å². The van der Waals surface area contributed by atoms with Gasteiger partial charge in [-0.15, -0.1) is 0 Å². The van der Waals surface area contributed by atoms with Gasteiger partial charge in [-0.25, -0.2) is 0 Å². The highest BCUT2D eigenvalue weighted by Gasteiger charge is 2.07. The van der Waals surface area contributed by atoms with Crippen molar-refractivity contribution in [3.8, 4) is 5.75 Å². The third-order valence-electron chi connectivity index (χ3n) is 1.97. The molecule has 2 aromatic rings. The van der Waals surface area contributed by atoms with Crippen molar-refractivity contribution in [3.05, 3.63) is 33.9 Å². The van der Waals surface area contributed by atoms with E-state index in [2.05, 4.69) is 20.9 Å². The van der Waals surface area contributed by atoms with Crippen LogP contribution in [0.4, 0.5) is 0 Å². The van der Waals surface area contributed by atoms with E-state index in [1.165, 1.54) is 0 Å². The second kappa shape index (κ2) is 3.75. The highest BCUT2D eigenvalue weighted by molar-refractivity contribution is 9.10. The second-order valence-corrected chi connectivity index (χ2v) is 3.98. The molecule has 0 atom stereocenters. The summed E-state index contributed by atoms with van der Waals surface area (Å²) in [6.07, 6.45) is 1.61. The molecule has 1 heterocycles. The molecule has 0 fully saturated rings. The number of para-hydroxylation sites is 1. The molecule has 2 rings (SSSR count). The number of methoxy groups -OCH3 is 1. The third-order valence-corrected chi connectivity index (χ3v) is 3.34. The Balaban J connectivity index is 2.86. The van der Waals surface area contributed by atoms with Crippen LogP contribution in [0.25, 0.3) is 10.9 Å². The van der Waals surface area contributed by atoms with E-state index >= 15 is 0 Å². The summed E-state index contributed by atoms with van der Waals surface area (Å²) in [7, 11) is 1.62. The lowest BCUT2D eigenvalue weighted by atomic mass is 10.2. The average Bonchev–Trinajstić information content (AvgIpc) is 2.23. The molecule has 1 aromatic carbocycles. The molecule has 0 radical (unpaired) electrons. The number of benzene rings is 1. The number of hydrogen-bond donors (Lipinski definition) is 0. The van der Waals surface area contributed by atoms with E-state index in [0.717, 1.165) is 21.1 Å². The highest BCUT2D eigenvalue weighted by atomic mass is 79.9. The van der Waals surface area contributed by atoms with Crippen LogP contribution in [0, 0.1) is 0 Å². The number of hydrogen-bond acceptors (Lipinski definition) is 2. The number of pyridine rings is 1. The Bertz CT molecular complexity index is 487. The zero-order valence-electron chi connectivity index (χ0n) is 7.42. The molecular weight excluding hydrogens is 265 g/mol. The van der Waals surface area contributed by atoms with Gasteiger partial charge in [0.15, 0.2) is 0 Å². The standard InChI is InChI=1S/C10H7BrClNO/c1-14-8-4-2-3-6-9(11)7(12)5-13-10(6)8/h2-5H,1H3. The summed E-state index contributed by atoms with van der Waals surface area (Å²) in [6.45, 7) is 0. The lowest BCUT2D eigenvalue weighted by Gasteiger charge is -2.06. The first-order valence-corrected chi connectivity index (χ1v) is 5.18. The van der Waals surface area contributed by atoms with Crippen LogP contribution in [0.5, 0.6) is 5.75 Å². The van der Waals surface area contributed by atoms with Crippen LogP contribution in [0.2, 0.25) is 5.02 Å². The molecule has 0 saturated carbocycles. The summed E-state index contributed by atoms with van der Waals surface area (Å²) in [6, 6.07) is 5.72. The van der Waals surface area contributed by atoms with Crippen molar-refractivity contribution in [1.29, 1.82) is 0 Å². The van der Waals surface area contributed by atoms with Gasteiger partial charge in [0.1, 0.15) is 11.3 Å². The minimum atomic E-state index is 0.603. The lowest BCUT2D eigenvalue weighted by Crippen LogP contribution is -1.88. The van der Waals surface area contributed by atoms with Crippen LogP contribution in [0.1, 0.15) is 0 Å². The van der Waals surface area contributed by atoms with E-state index < -0.39 is 0 Å². The third kappa shape index (κ3) is 1.47. The van der Waals surface area contributed by atoms with Crippen LogP contribution in [-0.4, -0.2) is 12.1 Å². The smallest absolute Gasteiger partial charge is 0.145 e. The molecule has 0 aliphatic carbocycles. The van der Waals surface area contributed by atoms with Crippen molar-refractivity contribution in [2.24, 2.45) is 0 Å². The fraction of sp³-hybridized carbons (Fsp3) is 0.100. The normalized spacial score (nSPS) is 10.5. The van der Waals surface area contributed by atoms with E-state index in [0.29, 0.717) is 5.02 Å². The summed E-state index contributed by atoms with van der Waals surface area (Å²) < 4.78 is 6.05. The van der Waals surface area contributed by atoms with Gasteiger partial charge in [0, 0.05) is 16.1 Å². The molecule has 1 aromatic heterocycles. The summed E-state index contributed by atoms with van der Waals surface area (Å²) in [4.78, 5) is 4.23. The fourth-order valence-corrected chi connectivity index (χ4v) is 1.88. The zero-order chi connectivity index (χ0) is 10.1. The molecule has 0 N–H and O–H groups in total. The van der Waals surface area contributed by atoms with Crippen LogP contribution >= 0.6 is 27.5 Å². The largest absolute Gasteiger partial charge is 0.494 e. The quantitative estimate of drug-likeness (QED) is 0.790. The molecule has 14 heavy (non-hydrogen) atoms. The molecule has 0 spiro atoms. The van der Waals surface area contributed by atoms with Gasteiger partial charge in [-0.2, -0.15) is 0 Å². The van der Waals surface area contributed by atoms with E-state index in [-0.39, 0.29) is 0 Å². The Hall–Kier alpha value is -0.800. The number of aromatic nitrogens is 1. The first-order chi connectivity index (χ1) is 6.74. The maximum Gasteiger partial charge on any atom is 0.145 e. The van der Waals surface area contributed by atoms with E-state index in [9.17, 15) is 0 Å². The van der Waals surface area contributed by atoms with Crippen molar-refractivity contribution in [2.45, 2.75) is 0 Å².